The fourth-order valence-corrected chi connectivity index (χ4v) is 2.59. The van der Waals surface area contributed by atoms with Crippen LogP contribution in [-0.4, -0.2) is 26.0 Å². The molecule has 5 heteroatoms. The van der Waals surface area contributed by atoms with Crippen LogP contribution >= 0.6 is 15.9 Å². The van der Waals surface area contributed by atoms with Crippen molar-refractivity contribution < 1.29 is 9.21 Å². The lowest BCUT2D eigenvalue weighted by molar-refractivity contribution is 0.0959. The van der Waals surface area contributed by atoms with Crippen LogP contribution in [0, 0.1) is 0 Å². The smallest absolute Gasteiger partial charge is 0.294 e. The molecule has 1 amide bonds. The first-order valence-corrected chi connectivity index (χ1v) is 6.83. The molecular formula is C14H13BrN2O2. The number of amides is 1. The van der Waals surface area contributed by atoms with Crippen molar-refractivity contribution >= 4 is 33.2 Å². The van der Waals surface area contributed by atoms with E-state index in [9.17, 15) is 4.79 Å². The second kappa shape index (κ2) is 4.74. The third-order valence-corrected chi connectivity index (χ3v) is 3.70. The predicted octanol–water partition coefficient (Wildman–Crippen LogP) is 3.14. The van der Waals surface area contributed by atoms with Crippen LogP contribution in [0.25, 0.3) is 0 Å². The number of halogens is 1. The van der Waals surface area contributed by atoms with Gasteiger partial charge in [0.25, 0.3) is 5.91 Å². The van der Waals surface area contributed by atoms with E-state index in [0.717, 1.165) is 17.9 Å². The number of para-hydroxylation sites is 2. The highest BCUT2D eigenvalue weighted by Crippen LogP contribution is 2.33. The van der Waals surface area contributed by atoms with Crippen molar-refractivity contribution in [2.24, 2.45) is 0 Å². The Kier molecular flexibility index (Phi) is 3.06. The molecule has 0 saturated carbocycles. The maximum atomic E-state index is 12.5. The highest BCUT2D eigenvalue weighted by molar-refractivity contribution is 9.10. The minimum absolute atomic E-state index is 0.105. The molecule has 0 bridgehead atoms. The summed E-state index contributed by atoms with van der Waals surface area (Å²) in [6, 6.07) is 11.3. The summed E-state index contributed by atoms with van der Waals surface area (Å²) in [6.07, 6.45) is 0. The van der Waals surface area contributed by atoms with Gasteiger partial charge in [-0.3, -0.25) is 4.79 Å². The quantitative estimate of drug-likeness (QED) is 0.810. The van der Waals surface area contributed by atoms with Crippen LogP contribution in [0.3, 0.4) is 0 Å². The number of furan rings is 1. The maximum absolute atomic E-state index is 12.5. The van der Waals surface area contributed by atoms with Gasteiger partial charge in [0.15, 0.2) is 10.4 Å². The van der Waals surface area contributed by atoms with E-state index in [1.165, 1.54) is 0 Å². The minimum Gasteiger partial charge on any atom is -0.444 e. The van der Waals surface area contributed by atoms with E-state index >= 15 is 0 Å². The lowest BCUT2D eigenvalue weighted by Crippen LogP contribution is -2.42. The van der Waals surface area contributed by atoms with Gasteiger partial charge in [-0.15, -0.1) is 0 Å². The van der Waals surface area contributed by atoms with E-state index in [4.69, 9.17) is 4.42 Å². The summed E-state index contributed by atoms with van der Waals surface area (Å²) in [5.74, 6) is 0.248. The highest BCUT2D eigenvalue weighted by Gasteiger charge is 2.27. The van der Waals surface area contributed by atoms with Crippen molar-refractivity contribution in [3.8, 4) is 0 Å². The Morgan fingerprint density at radius 1 is 1.16 bits per heavy atom. The molecule has 0 fully saturated rings. The summed E-state index contributed by atoms with van der Waals surface area (Å²) in [6.45, 7) is 1.47. The molecule has 98 valence electrons. The molecule has 0 spiro atoms. The van der Waals surface area contributed by atoms with Gasteiger partial charge in [0.2, 0.25) is 0 Å². The van der Waals surface area contributed by atoms with Crippen LogP contribution in [0.5, 0.6) is 0 Å². The van der Waals surface area contributed by atoms with Crippen LogP contribution in [0.15, 0.2) is 45.5 Å². The Labute approximate surface area is 119 Å². The van der Waals surface area contributed by atoms with Gasteiger partial charge in [0.05, 0.1) is 11.4 Å². The molecule has 1 aromatic carbocycles. The number of rotatable bonds is 1. The number of fused-ring (bicyclic) bond motifs is 1. The molecule has 1 aliphatic heterocycles. The zero-order valence-electron chi connectivity index (χ0n) is 10.5. The predicted molar refractivity (Wildman–Crippen MR) is 77.8 cm³/mol. The van der Waals surface area contributed by atoms with E-state index < -0.39 is 0 Å². The lowest BCUT2D eigenvalue weighted by Gasteiger charge is -2.35. The van der Waals surface area contributed by atoms with Crippen molar-refractivity contribution in [2.45, 2.75) is 0 Å². The maximum Gasteiger partial charge on any atom is 0.294 e. The molecule has 0 N–H and O–H groups in total. The normalized spacial score (nSPS) is 14.4. The number of hydrogen-bond donors (Lipinski definition) is 0. The fourth-order valence-electron chi connectivity index (χ4n) is 2.28. The molecule has 2 aromatic rings. The topological polar surface area (TPSA) is 36.7 Å². The van der Waals surface area contributed by atoms with Crippen LogP contribution in [-0.2, 0) is 0 Å². The summed E-state index contributed by atoms with van der Waals surface area (Å²) >= 11 is 3.22. The summed E-state index contributed by atoms with van der Waals surface area (Å²) in [5, 5.41) is 0. The molecule has 1 aromatic heterocycles. The number of carbonyl (C=O) groups excluding carboxylic acids is 1. The molecular weight excluding hydrogens is 308 g/mol. The Bertz CT molecular complexity index is 623. The first-order valence-electron chi connectivity index (χ1n) is 6.04. The summed E-state index contributed by atoms with van der Waals surface area (Å²) in [5.41, 5.74) is 1.99. The first-order chi connectivity index (χ1) is 9.16. The van der Waals surface area contributed by atoms with Crippen molar-refractivity contribution in [2.75, 3.05) is 29.9 Å². The molecule has 0 atom stereocenters. The van der Waals surface area contributed by atoms with Crippen LogP contribution in [0.2, 0.25) is 0 Å². The zero-order chi connectivity index (χ0) is 13.4. The Hall–Kier alpha value is -1.75. The molecule has 0 unspecified atom stereocenters. The third-order valence-electron chi connectivity index (χ3n) is 3.27. The minimum atomic E-state index is -0.105. The summed E-state index contributed by atoms with van der Waals surface area (Å²) < 4.78 is 5.92. The molecule has 0 radical (unpaired) electrons. The zero-order valence-corrected chi connectivity index (χ0v) is 12.1. The number of nitrogens with zero attached hydrogens (tertiary/aromatic N) is 2. The van der Waals surface area contributed by atoms with Gasteiger partial charge in [0.1, 0.15) is 0 Å². The third kappa shape index (κ3) is 2.14. The largest absolute Gasteiger partial charge is 0.444 e. The van der Waals surface area contributed by atoms with Gasteiger partial charge in [-0.25, -0.2) is 0 Å². The van der Waals surface area contributed by atoms with E-state index in [2.05, 4.69) is 20.8 Å². The number of hydrogen-bond acceptors (Lipinski definition) is 3. The van der Waals surface area contributed by atoms with E-state index in [-0.39, 0.29) is 5.91 Å². The molecule has 0 saturated heterocycles. The summed E-state index contributed by atoms with van der Waals surface area (Å²) in [7, 11) is 2.03. The standard InChI is InChI=1S/C14H13BrN2O2/c1-16-8-9-17(11-5-3-2-4-10(11)16)14(18)12-6-7-13(15)19-12/h2-7H,8-9H2,1H3. The van der Waals surface area contributed by atoms with Crippen LogP contribution in [0.1, 0.15) is 10.6 Å². The van der Waals surface area contributed by atoms with Gasteiger partial charge >= 0.3 is 0 Å². The average Bonchev–Trinajstić information content (AvgIpc) is 2.86. The van der Waals surface area contributed by atoms with Crippen molar-refractivity contribution in [1.29, 1.82) is 0 Å². The van der Waals surface area contributed by atoms with Gasteiger partial charge in [-0.05, 0) is 40.2 Å². The van der Waals surface area contributed by atoms with Gasteiger partial charge in [-0.2, -0.15) is 0 Å². The Morgan fingerprint density at radius 3 is 2.58 bits per heavy atom. The number of benzene rings is 1. The van der Waals surface area contributed by atoms with Gasteiger partial charge in [-0.1, -0.05) is 12.1 Å². The second-order valence-corrected chi connectivity index (χ2v) is 5.25. The average molecular weight is 321 g/mol. The fraction of sp³-hybridized carbons (Fsp3) is 0.214. The molecule has 1 aliphatic rings. The van der Waals surface area contributed by atoms with E-state index in [0.29, 0.717) is 17.0 Å². The Morgan fingerprint density at radius 2 is 1.89 bits per heavy atom. The van der Waals surface area contributed by atoms with Crippen molar-refractivity contribution in [1.82, 2.24) is 0 Å². The van der Waals surface area contributed by atoms with Gasteiger partial charge < -0.3 is 14.2 Å². The lowest BCUT2D eigenvalue weighted by atomic mass is 10.1. The summed E-state index contributed by atoms with van der Waals surface area (Å²) in [4.78, 5) is 16.4. The SMILES string of the molecule is CN1CCN(C(=O)c2ccc(Br)o2)c2ccccc21. The number of anilines is 2. The molecule has 19 heavy (non-hydrogen) atoms. The molecule has 4 nitrogen and oxygen atoms in total. The van der Waals surface area contributed by atoms with Gasteiger partial charge in [0, 0.05) is 20.1 Å². The number of likely N-dealkylation sites (N-methyl/N-ethyl adjacent to an activating group) is 1. The van der Waals surface area contributed by atoms with E-state index in [1.807, 2.05) is 31.3 Å². The van der Waals surface area contributed by atoms with Crippen LogP contribution < -0.4 is 9.80 Å². The van der Waals surface area contributed by atoms with E-state index in [1.54, 1.807) is 17.0 Å². The van der Waals surface area contributed by atoms with Crippen molar-refractivity contribution in [3.05, 3.63) is 46.8 Å². The highest BCUT2D eigenvalue weighted by atomic mass is 79.9. The first kappa shape index (κ1) is 12.3. The monoisotopic (exact) mass is 320 g/mol. The van der Waals surface area contributed by atoms with Crippen molar-refractivity contribution in [3.63, 3.8) is 0 Å². The Balaban J connectivity index is 1.98. The molecule has 0 aliphatic carbocycles. The molecule has 2 heterocycles. The number of carbonyl (C=O) groups is 1. The van der Waals surface area contributed by atoms with Crippen LogP contribution in [0.4, 0.5) is 11.4 Å². The second-order valence-electron chi connectivity index (χ2n) is 4.47. The molecule has 3 rings (SSSR count).